The Morgan fingerprint density at radius 2 is 1.56 bits per heavy atom. The summed E-state index contributed by atoms with van der Waals surface area (Å²) >= 11 is 12.0. The first-order valence-corrected chi connectivity index (χ1v) is 8.14. The summed E-state index contributed by atoms with van der Waals surface area (Å²) in [5.41, 5.74) is 1.94. The van der Waals surface area contributed by atoms with Gasteiger partial charge < -0.3 is 10.6 Å². The van der Waals surface area contributed by atoms with Crippen molar-refractivity contribution >= 4 is 46.2 Å². The fourth-order valence-corrected chi connectivity index (χ4v) is 2.82. The molecule has 3 aromatic rings. The first-order valence-electron chi connectivity index (χ1n) is 7.38. The third-order valence-electron chi connectivity index (χ3n) is 3.28. The number of anilines is 4. The number of benzene rings is 2. The van der Waals surface area contributed by atoms with Crippen LogP contribution in [0.15, 0.2) is 48.5 Å². The van der Waals surface area contributed by atoms with Crippen molar-refractivity contribution in [1.29, 1.82) is 5.26 Å². The SMILES string of the molecule is Cc1nc(Nc2cc(Cl)cc(Cl)c2)cc(Nc2ccccc2C#N)n1. The Hall–Kier alpha value is -2.81. The van der Waals surface area contributed by atoms with Gasteiger partial charge in [-0.15, -0.1) is 0 Å². The highest BCUT2D eigenvalue weighted by Crippen LogP contribution is 2.26. The van der Waals surface area contributed by atoms with Gasteiger partial charge in [-0.25, -0.2) is 9.97 Å². The number of nitriles is 1. The van der Waals surface area contributed by atoms with E-state index in [0.29, 0.717) is 38.8 Å². The van der Waals surface area contributed by atoms with Crippen molar-refractivity contribution in [3.05, 3.63) is 70.0 Å². The fraction of sp³-hybridized carbons (Fsp3) is 0.0556. The van der Waals surface area contributed by atoms with Crippen LogP contribution in [0.3, 0.4) is 0 Å². The van der Waals surface area contributed by atoms with Crippen molar-refractivity contribution in [1.82, 2.24) is 9.97 Å². The minimum atomic E-state index is 0.530. The van der Waals surface area contributed by atoms with E-state index >= 15 is 0 Å². The molecular formula is C18H13Cl2N5. The van der Waals surface area contributed by atoms with Gasteiger partial charge >= 0.3 is 0 Å². The lowest BCUT2D eigenvalue weighted by Gasteiger charge is -2.11. The summed E-state index contributed by atoms with van der Waals surface area (Å²) in [7, 11) is 0. The topological polar surface area (TPSA) is 73.6 Å². The maximum Gasteiger partial charge on any atom is 0.136 e. The standard InChI is InChI=1S/C18H13Cl2N5/c1-11-22-17(24-15-7-13(19)6-14(20)8-15)9-18(23-11)25-16-5-3-2-4-12(16)10-21/h2-9H,1H3,(H2,22,23,24,25). The van der Waals surface area contributed by atoms with E-state index < -0.39 is 0 Å². The molecule has 0 bridgehead atoms. The second-order valence-electron chi connectivity index (χ2n) is 5.25. The van der Waals surface area contributed by atoms with E-state index in [0.717, 1.165) is 5.69 Å². The minimum Gasteiger partial charge on any atom is -0.340 e. The zero-order chi connectivity index (χ0) is 17.8. The number of nitrogens with one attached hydrogen (secondary N) is 2. The van der Waals surface area contributed by atoms with Gasteiger partial charge in [0.05, 0.1) is 11.3 Å². The smallest absolute Gasteiger partial charge is 0.136 e. The van der Waals surface area contributed by atoms with Crippen molar-refractivity contribution in [2.24, 2.45) is 0 Å². The van der Waals surface area contributed by atoms with E-state index in [1.54, 1.807) is 37.3 Å². The molecule has 1 aromatic heterocycles. The van der Waals surface area contributed by atoms with Crippen LogP contribution in [-0.2, 0) is 0 Å². The van der Waals surface area contributed by atoms with E-state index in [1.807, 2.05) is 18.2 Å². The monoisotopic (exact) mass is 369 g/mol. The number of halogens is 2. The van der Waals surface area contributed by atoms with E-state index in [2.05, 4.69) is 26.7 Å². The summed E-state index contributed by atoms with van der Waals surface area (Å²) in [6, 6.07) is 16.3. The van der Waals surface area contributed by atoms with Gasteiger partial charge in [-0.05, 0) is 37.3 Å². The molecule has 124 valence electrons. The molecule has 3 rings (SSSR count). The van der Waals surface area contributed by atoms with Crippen molar-refractivity contribution in [3.63, 3.8) is 0 Å². The molecule has 0 aliphatic heterocycles. The quantitative estimate of drug-likeness (QED) is 0.639. The van der Waals surface area contributed by atoms with Crippen LogP contribution in [0.5, 0.6) is 0 Å². The highest BCUT2D eigenvalue weighted by atomic mass is 35.5. The summed E-state index contributed by atoms with van der Waals surface area (Å²) in [4.78, 5) is 8.72. The Morgan fingerprint density at radius 1 is 0.920 bits per heavy atom. The van der Waals surface area contributed by atoms with Crippen molar-refractivity contribution in [3.8, 4) is 6.07 Å². The molecule has 2 aromatic carbocycles. The number of nitrogens with zero attached hydrogens (tertiary/aromatic N) is 3. The fourth-order valence-electron chi connectivity index (χ4n) is 2.30. The summed E-state index contributed by atoms with van der Waals surface area (Å²) in [5.74, 6) is 1.74. The van der Waals surface area contributed by atoms with E-state index in [-0.39, 0.29) is 0 Å². The zero-order valence-electron chi connectivity index (χ0n) is 13.2. The molecule has 0 saturated heterocycles. The van der Waals surface area contributed by atoms with Crippen LogP contribution < -0.4 is 10.6 Å². The molecular weight excluding hydrogens is 357 g/mol. The third-order valence-corrected chi connectivity index (χ3v) is 3.72. The van der Waals surface area contributed by atoms with Crippen LogP contribution >= 0.6 is 23.2 Å². The molecule has 0 spiro atoms. The van der Waals surface area contributed by atoms with E-state index in [9.17, 15) is 5.26 Å². The van der Waals surface area contributed by atoms with Crippen LogP contribution in [0.1, 0.15) is 11.4 Å². The predicted molar refractivity (Wildman–Crippen MR) is 101 cm³/mol. The minimum absolute atomic E-state index is 0.530. The van der Waals surface area contributed by atoms with Crippen molar-refractivity contribution in [2.75, 3.05) is 10.6 Å². The van der Waals surface area contributed by atoms with Crippen LogP contribution in [0, 0.1) is 18.3 Å². The number of para-hydroxylation sites is 1. The average molecular weight is 370 g/mol. The molecule has 5 nitrogen and oxygen atoms in total. The zero-order valence-corrected chi connectivity index (χ0v) is 14.7. The average Bonchev–Trinajstić information content (AvgIpc) is 2.53. The molecule has 0 radical (unpaired) electrons. The predicted octanol–water partition coefficient (Wildman–Crippen LogP) is 5.45. The number of rotatable bonds is 4. The first kappa shape index (κ1) is 17.0. The summed E-state index contributed by atoms with van der Waals surface area (Å²) < 4.78 is 0. The Labute approximate surface area is 155 Å². The Balaban J connectivity index is 1.89. The lowest BCUT2D eigenvalue weighted by atomic mass is 10.2. The number of hydrogen-bond acceptors (Lipinski definition) is 5. The summed E-state index contributed by atoms with van der Waals surface area (Å²) in [6.45, 7) is 1.79. The second-order valence-corrected chi connectivity index (χ2v) is 6.12. The van der Waals surface area contributed by atoms with Crippen LogP contribution in [0.2, 0.25) is 10.0 Å². The van der Waals surface area contributed by atoms with E-state index in [1.165, 1.54) is 0 Å². The van der Waals surface area contributed by atoms with Gasteiger partial charge in [0.15, 0.2) is 0 Å². The first-order chi connectivity index (χ1) is 12.0. The number of hydrogen-bond donors (Lipinski definition) is 2. The lowest BCUT2D eigenvalue weighted by molar-refractivity contribution is 1.06. The summed E-state index contributed by atoms with van der Waals surface area (Å²) in [6.07, 6.45) is 0. The van der Waals surface area contributed by atoms with Gasteiger partial charge in [-0.2, -0.15) is 5.26 Å². The molecule has 25 heavy (non-hydrogen) atoms. The molecule has 0 saturated carbocycles. The van der Waals surface area contributed by atoms with E-state index in [4.69, 9.17) is 23.2 Å². The maximum absolute atomic E-state index is 9.19. The maximum atomic E-state index is 9.19. The van der Waals surface area contributed by atoms with Gasteiger partial charge in [0, 0.05) is 21.8 Å². The lowest BCUT2D eigenvalue weighted by Crippen LogP contribution is -2.02. The van der Waals surface area contributed by atoms with Crippen molar-refractivity contribution < 1.29 is 0 Å². The molecule has 0 amide bonds. The highest BCUT2D eigenvalue weighted by molar-refractivity contribution is 6.35. The molecule has 0 fully saturated rings. The third kappa shape index (κ3) is 4.38. The molecule has 0 aliphatic rings. The Kier molecular flexibility index (Phi) is 5.03. The second kappa shape index (κ2) is 7.39. The van der Waals surface area contributed by atoms with Gasteiger partial charge in [0.2, 0.25) is 0 Å². The normalized spacial score (nSPS) is 10.2. The van der Waals surface area contributed by atoms with Crippen LogP contribution in [0.25, 0.3) is 0 Å². The van der Waals surface area contributed by atoms with Crippen LogP contribution in [0.4, 0.5) is 23.0 Å². The van der Waals surface area contributed by atoms with Gasteiger partial charge in [0.25, 0.3) is 0 Å². The molecule has 2 N–H and O–H groups in total. The molecule has 1 heterocycles. The van der Waals surface area contributed by atoms with Crippen LogP contribution in [-0.4, -0.2) is 9.97 Å². The highest BCUT2D eigenvalue weighted by Gasteiger charge is 2.07. The molecule has 0 atom stereocenters. The van der Waals surface area contributed by atoms with Crippen molar-refractivity contribution in [2.45, 2.75) is 6.92 Å². The van der Waals surface area contributed by atoms with Gasteiger partial charge in [-0.1, -0.05) is 35.3 Å². The van der Waals surface area contributed by atoms with Gasteiger partial charge in [0.1, 0.15) is 23.5 Å². The van der Waals surface area contributed by atoms with Gasteiger partial charge in [-0.3, -0.25) is 0 Å². The molecule has 0 unspecified atom stereocenters. The number of aryl methyl sites for hydroxylation is 1. The summed E-state index contributed by atoms with van der Waals surface area (Å²) in [5, 5.41) is 16.6. The molecule has 0 aliphatic carbocycles. The largest absolute Gasteiger partial charge is 0.340 e. The Bertz CT molecular complexity index is 946. The molecule has 7 heteroatoms. The Morgan fingerprint density at radius 3 is 2.24 bits per heavy atom. The number of aromatic nitrogens is 2.